The average Bonchev–Trinajstić information content (AvgIpc) is 3.21. The molecule has 166 valence electrons. The van der Waals surface area contributed by atoms with Crippen LogP contribution in [0.3, 0.4) is 0 Å². The number of hydrogen-bond acceptors (Lipinski definition) is 4. The van der Waals surface area contributed by atoms with Gasteiger partial charge in [0.05, 0.1) is 5.56 Å². The molecule has 0 spiro atoms. The van der Waals surface area contributed by atoms with Gasteiger partial charge in [-0.15, -0.1) is 0 Å². The van der Waals surface area contributed by atoms with E-state index in [0.717, 1.165) is 22.3 Å². The van der Waals surface area contributed by atoms with E-state index in [4.69, 9.17) is 9.47 Å². The Kier molecular flexibility index (Phi) is 5.65. The summed E-state index contributed by atoms with van der Waals surface area (Å²) in [5.41, 5.74) is -0.355. The Morgan fingerprint density at radius 2 is 1.84 bits per heavy atom. The monoisotopic (exact) mass is 444 g/mol. The van der Waals surface area contributed by atoms with Gasteiger partial charge in [0.25, 0.3) is 11.5 Å². The molecule has 0 atom stereocenters. The summed E-state index contributed by atoms with van der Waals surface area (Å²) in [4.78, 5) is 25.6. The first-order valence-electron chi connectivity index (χ1n) is 9.81. The summed E-state index contributed by atoms with van der Waals surface area (Å²) >= 11 is 0. The molecule has 2 heterocycles. The van der Waals surface area contributed by atoms with Gasteiger partial charge in [-0.05, 0) is 61.4 Å². The van der Waals surface area contributed by atoms with Gasteiger partial charge in [-0.2, -0.15) is 13.2 Å². The number of ether oxygens (including phenoxy) is 2. The Balaban J connectivity index is 1.52. The number of aromatic nitrogens is 1. The predicted octanol–water partition coefficient (Wildman–Crippen LogP) is 3.87. The molecule has 0 saturated heterocycles. The third-order valence-corrected chi connectivity index (χ3v) is 5.09. The van der Waals surface area contributed by atoms with Gasteiger partial charge in [-0.3, -0.25) is 14.2 Å². The van der Waals surface area contributed by atoms with E-state index >= 15 is 0 Å². The van der Waals surface area contributed by atoms with Crippen LogP contribution < -0.4 is 20.3 Å². The van der Waals surface area contributed by atoms with Crippen molar-refractivity contribution in [1.82, 2.24) is 9.88 Å². The van der Waals surface area contributed by atoms with Crippen LogP contribution in [0.25, 0.3) is 5.69 Å². The van der Waals surface area contributed by atoms with Crippen molar-refractivity contribution in [2.24, 2.45) is 0 Å². The maximum Gasteiger partial charge on any atom is 0.416 e. The Hall–Kier alpha value is -3.75. The van der Waals surface area contributed by atoms with Gasteiger partial charge in [0.2, 0.25) is 6.79 Å². The molecule has 9 heteroatoms. The van der Waals surface area contributed by atoms with Crippen molar-refractivity contribution < 1.29 is 27.4 Å². The number of nitrogens with one attached hydrogen (secondary N) is 1. The number of hydrogen-bond donors (Lipinski definition) is 1. The van der Waals surface area contributed by atoms with Crippen LogP contribution in [0, 0.1) is 6.92 Å². The highest BCUT2D eigenvalue weighted by Gasteiger charge is 2.30. The van der Waals surface area contributed by atoms with Crippen LogP contribution in [0.1, 0.15) is 27.2 Å². The van der Waals surface area contributed by atoms with Crippen molar-refractivity contribution in [3.8, 4) is 17.2 Å². The van der Waals surface area contributed by atoms with Crippen LogP contribution in [0.5, 0.6) is 11.5 Å². The fourth-order valence-electron chi connectivity index (χ4n) is 3.46. The van der Waals surface area contributed by atoms with E-state index in [9.17, 15) is 22.8 Å². The lowest BCUT2D eigenvalue weighted by atomic mass is 10.1. The van der Waals surface area contributed by atoms with E-state index < -0.39 is 23.2 Å². The minimum absolute atomic E-state index is 0.0392. The second kappa shape index (κ2) is 8.41. The topological polar surface area (TPSA) is 69.6 Å². The van der Waals surface area contributed by atoms with Gasteiger partial charge >= 0.3 is 6.18 Å². The van der Waals surface area contributed by atoms with E-state index in [1.807, 2.05) is 12.1 Å². The van der Waals surface area contributed by atoms with Gasteiger partial charge in [0.1, 0.15) is 5.56 Å². The molecule has 0 fully saturated rings. The van der Waals surface area contributed by atoms with Gasteiger partial charge in [0.15, 0.2) is 11.5 Å². The molecule has 32 heavy (non-hydrogen) atoms. The Labute approximate surface area is 181 Å². The molecule has 4 rings (SSSR count). The summed E-state index contributed by atoms with van der Waals surface area (Å²) in [5, 5.41) is 2.69. The second-order valence-corrected chi connectivity index (χ2v) is 7.27. The van der Waals surface area contributed by atoms with Crippen LogP contribution in [0.4, 0.5) is 13.2 Å². The molecular formula is C23H19F3N2O4. The summed E-state index contributed by atoms with van der Waals surface area (Å²) in [7, 11) is 0. The highest BCUT2D eigenvalue weighted by atomic mass is 19.4. The molecule has 1 aliphatic rings. The maximum atomic E-state index is 13.1. The van der Waals surface area contributed by atoms with Crippen LogP contribution in [-0.4, -0.2) is 23.8 Å². The molecule has 0 aliphatic carbocycles. The Morgan fingerprint density at radius 1 is 1.06 bits per heavy atom. The minimum Gasteiger partial charge on any atom is -0.454 e. The van der Waals surface area contributed by atoms with Gasteiger partial charge < -0.3 is 14.8 Å². The summed E-state index contributed by atoms with van der Waals surface area (Å²) < 4.78 is 50.9. The molecule has 3 aromatic rings. The third kappa shape index (κ3) is 4.32. The fraction of sp³-hybridized carbons (Fsp3) is 0.217. The number of benzene rings is 2. The normalized spacial score (nSPS) is 12.6. The van der Waals surface area contributed by atoms with E-state index in [1.54, 1.807) is 13.0 Å². The number of nitrogens with zero attached hydrogens (tertiary/aromatic N) is 1. The highest BCUT2D eigenvalue weighted by Crippen LogP contribution is 2.32. The molecule has 6 nitrogen and oxygen atoms in total. The zero-order chi connectivity index (χ0) is 22.9. The molecule has 0 saturated carbocycles. The summed E-state index contributed by atoms with van der Waals surface area (Å²) in [5.74, 6) is 0.695. The SMILES string of the molecule is Cc1ccc(C(=O)NCCc2ccc3c(c2)OCO3)c(=O)n1-c1cccc(C(F)(F)F)c1. The molecule has 0 radical (unpaired) electrons. The Morgan fingerprint density at radius 3 is 2.62 bits per heavy atom. The third-order valence-electron chi connectivity index (χ3n) is 5.09. The second-order valence-electron chi connectivity index (χ2n) is 7.27. The molecule has 1 N–H and O–H groups in total. The van der Waals surface area contributed by atoms with E-state index in [2.05, 4.69) is 5.32 Å². The highest BCUT2D eigenvalue weighted by molar-refractivity contribution is 5.93. The summed E-state index contributed by atoms with van der Waals surface area (Å²) in [6.07, 6.45) is -4.05. The van der Waals surface area contributed by atoms with Crippen molar-refractivity contribution in [3.05, 3.63) is 87.3 Å². The zero-order valence-electron chi connectivity index (χ0n) is 17.0. The van der Waals surface area contributed by atoms with Crippen LogP contribution in [0.2, 0.25) is 0 Å². The van der Waals surface area contributed by atoms with E-state index in [-0.39, 0.29) is 24.6 Å². The number of rotatable bonds is 5. The van der Waals surface area contributed by atoms with Crippen molar-refractivity contribution in [2.45, 2.75) is 19.5 Å². The minimum atomic E-state index is -4.54. The number of aryl methyl sites for hydroxylation is 1. The Bertz CT molecular complexity index is 1230. The van der Waals surface area contributed by atoms with Crippen molar-refractivity contribution in [3.63, 3.8) is 0 Å². The smallest absolute Gasteiger partial charge is 0.416 e. The molecule has 1 aromatic heterocycles. The van der Waals surface area contributed by atoms with Crippen LogP contribution in [0.15, 0.2) is 59.4 Å². The summed E-state index contributed by atoms with van der Waals surface area (Å²) in [6.45, 7) is 2.01. The zero-order valence-corrected chi connectivity index (χ0v) is 17.0. The lowest BCUT2D eigenvalue weighted by molar-refractivity contribution is -0.137. The van der Waals surface area contributed by atoms with Crippen molar-refractivity contribution >= 4 is 5.91 Å². The predicted molar refractivity (Wildman–Crippen MR) is 110 cm³/mol. The maximum absolute atomic E-state index is 13.1. The number of amides is 1. The molecule has 1 amide bonds. The number of pyridine rings is 1. The van der Waals surface area contributed by atoms with Crippen LogP contribution in [-0.2, 0) is 12.6 Å². The summed E-state index contributed by atoms with van der Waals surface area (Å²) in [6, 6.07) is 12.8. The van der Waals surface area contributed by atoms with Gasteiger partial charge in [-0.25, -0.2) is 0 Å². The first-order valence-corrected chi connectivity index (χ1v) is 9.81. The molecule has 2 aromatic carbocycles. The van der Waals surface area contributed by atoms with Crippen LogP contribution >= 0.6 is 0 Å². The molecular weight excluding hydrogens is 425 g/mol. The lowest BCUT2D eigenvalue weighted by Crippen LogP contribution is -2.34. The average molecular weight is 444 g/mol. The molecule has 0 unspecified atom stereocenters. The number of carbonyl (C=O) groups excluding carboxylic acids is 1. The van der Waals surface area contributed by atoms with Gasteiger partial charge in [-0.1, -0.05) is 12.1 Å². The number of carbonyl (C=O) groups is 1. The lowest BCUT2D eigenvalue weighted by Gasteiger charge is -2.14. The quantitative estimate of drug-likeness (QED) is 0.649. The van der Waals surface area contributed by atoms with Crippen molar-refractivity contribution in [2.75, 3.05) is 13.3 Å². The van der Waals surface area contributed by atoms with E-state index in [1.165, 1.54) is 24.3 Å². The molecule has 0 bridgehead atoms. The first-order chi connectivity index (χ1) is 15.2. The standard InChI is InChI=1S/C23H19F3N2O4/c1-14-5-7-18(22(30)28(14)17-4-2-3-16(12-17)23(24,25)26)21(29)27-10-9-15-6-8-19-20(11-15)32-13-31-19/h2-8,11-12H,9-10,13H2,1H3,(H,27,29). The largest absolute Gasteiger partial charge is 0.454 e. The first kappa shape index (κ1) is 21.5. The number of fused-ring (bicyclic) bond motifs is 1. The molecule has 1 aliphatic heterocycles. The van der Waals surface area contributed by atoms with Crippen molar-refractivity contribution in [1.29, 1.82) is 0 Å². The number of halogens is 3. The number of alkyl halides is 3. The van der Waals surface area contributed by atoms with E-state index in [0.29, 0.717) is 23.6 Å². The fourth-order valence-corrected chi connectivity index (χ4v) is 3.46. The van der Waals surface area contributed by atoms with Gasteiger partial charge in [0, 0.05) is 17.9 Å².